The molecular weight excluding hydrogens is 286 g/mol. The second-order valence-corrected chi connectivity index (χ2v) is 6.08. The van der Waals surface area contributed by atoms with Crippen molar-refractivity contribution in [3.8, 4) is 0 Å². The van der Waals surface area contributed by atoms with Gasteiger partial charge >= 0.3 is 0 Å². The van der Waals surface area contributed by atoms with Crippen molar-refractivity contribution in [1.29, 1.82) is 0 Å². The molecule has 0 saturated heterocycles. The summed E-state index contributed by atoms with van der Waals surface area (Å²) in [7, 11) is 3.75. The number of nitrogens with zero attached hydrogens (tertiary/aromatic N) is 4. The van der Waals surface area contributed by atoms with E-state index in [-0.39, 0.29) is 11.9 Å². The van der Waals surface area contributed by atoms with Crippen LogP contribution >= 0.6 is 11.8 Å². The Morgan fingerprint density at radius 2 is 2.24 bits per heavy atom. The molecule has 0 aliphatic rings. The van der Waals surface area contributed by atoms with Gasteiger partial charge in [-0.2, -0.15) is 5.10 Å². The third-order valence-corrected chi connectivity index (χ3v) is 4.72. The maximum atomic E-state index is 12.3. The van der Waals surface area contributed by atoms with E-state index in [4.69, 9.17) is 0 Å². The Balaban J connectivity index is 2.01. The molecule has 0 radical (unpaired) electrons. The van der Waals surface area contributed by atoms with Gasteiger partial charge in [0.1, 0.15) is 0 Å². The summed E-state index contributed by atoms with van der Waals surface area (Å²) < 4.78 is 1.91. The number of hydrogen-bond acceptors (Lipinski definition) is 4. The van der Waals surface area contributed by atoms with Gasteiger partial charge in [0.15, 0.2) is 5.16 Å². The SMILES string of the molecule is Cc1n[nH]c(C)c1[C@@H](C)N(C)C(=O)CSc1nccn1C. The monoisotopic (exact) mass is 307 g/mol. The molecule has 0 aromatic carbocycles. The third-order valence-electron chi connectivity index (χ3n) is 3.68. The van der Waals surface area contributed by atoms with Crippen molar-refractivity contribution < 1.29 is 4.79 Å². The molecule has 0 aliphatic carbocycles. The lowest BCUT2D eigenvalue weighted by molar-refractivity contribution is -0.128. The fourth-order valence-electron chi connectivity index (χ4n) is 2.30. The lowest BCUT2D eigenvalue weighted by Gasteiger charge is -2.25. The molecule has 2 heterocycles. The van der Waals surface area contributed by atoms with Crippen LogP contribution in [0.5, 0.6) is 0 Å². The highest BCUT2D eigenvalue weighted by atomic mass is 32.2. The average molecular weight is 307 g/mol. The van der Waals surface area contributed by atoms with Crippen molar-refractivity contribution in [3.63, 3.8) is 0 Å². The maximum Gasteiger partial charge on any atom is 0.233 e. The first-order valence-corrected chi connectivity index (χ1v) is 7.77. The first kappa shape index (κ1) is 15.6. The second kappa shape index (κ2) is 6.34. The van der Waals surface area contributed by atoms with Crippen molar-refractivity contribution in [2.24, 2.45) is 7.05 Å². The predicted octanol–water partition coefficient (Wildman–Crippen LogP) is 2.07. The van der Waals surface area contributed by atoms with Gasteiger partial charge in [-0.3, -0.25) is 9.89 Å². The summed E-state index contributed by atoms with van der Waals surface area (Å²) in [6, 6.07) is -0.00165. The molecule has 0 saturated carbocycles. The second-order valence-electron chi connectivity index (χ2n) is 5.14. The van der Waals surface area contributed by atoms with E-state index in [0.717, 1.165) is 22.1 Å². The van der Waals surface area contributed by atoms with E-state index in [0.29, 0.717) is 5.75 Å². The summed E-state index contributed by atoms with van der Waals surface area (Å²) in [6.45, 7) is 5.96. The minimum Gasteiger partial charge on any atom is -0.338 e. The van der Waals surface area contributed by atoms with Gasteiger partial charge in [0.05, 0.1) is 17.5 Å². The minimum atomic E-state index is -0.00165. The number of carbonyl (C=O) groups excluding carboxylic acids is 1. The van der Waals surface area contributed by atoms with Crippen LogP contribution in [0.2, 0.25) is 0 Å². The zero-order chi connectivity index (χ0) is 15.6. The maximum absolute atomic E-state index is 12.3. The topological polar surface area (TPSA) is 66.8 Å². The van der Waals surface area contributed by atoms with Gasteiger partial charge in [0, 0.05) is 37.7 Å². The number of aryl methyl sites for hydroxylation is 3. The normalized spacial score (nSPS) is 12.4. The first-order valence-electron chi connectivity index (χ1n) is 6.79. The van der Waals surface area contributed by atoms with E-state index in [2.05, 4.69) is 15.2 Å². The van der Waals surface area contributed by atoms with Crippen LogP contribution in [0.3, 0.4) is 0 Å². The van der Waals surface area contributed by atoms with Crippen LogP contribution in [0.15, 0.2) is 17.6 Å². The van der Waals surface area contributed by atoms with Crippen LogP contribution in [0, 0.1) is 13.8 Å². The van der Waals surface area contributed by atoms with Crippen molar-refractivity contribution in [2.75, 3.05) is 12.8 Å². The Morgan fingerprint density at radius 3 is 2.76 bits per heavy atom. The summed E-state index contributed by atoms with van der Waals surface area (Å²) in [6.07, 6.45) is 3.61. The highest BCUT2D eigenvalue weighted by Crippen LogP contribution is 2.25. The standard InChI is InChI=1S/C14H21N5OS/c1-9-13(10(2)17-16-9)11(3)19(5)12(20)8-21-14-15-6-7-18(14)4/h6-7,11H,8H2,1-5H3,(H,16,17)/t11-/m1/s1. The van der Waals surface area contributed by atoms with Crippen LogP contribution in [0.4, 0.5) is 0 Å². The van der Waals surface area contributed by atoms with Gasteiger partial charge in [-0.1, -0.05) is 11.8 Å². The molecule has 21 heavy (non-hydrogen) atoms. The zero-order valence-electron chi connectivity index (χ0n) is 13.0. The summed E-state index contributed by atoms with van der Waals surface area (Å²) in [5, 5.41) is 8.01. The Bertz CT molecular complexity index is 614. The number of imidazole rings is 1. The summed E-state index contributed by atoms with van der Waals surface area (Å²) in [5.41, 5.74) is 3.04. The largest absolute Gasteiger partial charge is 0.338 e. The van der Waals surface area contributed by atoms with Gasteiger partial charge < -0.3 is 9.47 Å². The Morgan fingerprint density at radius 1 is 1.52 bits per heavy atom. The molecule has 1 amide bonds. The number of amides is 1. The highest BCUT2D eigenvalue weighted by molar-refractivity contribution is 7.99. The third kappa shape index (κ3) is 3.29. The summed E-state index contributed by atoms with van der Waals surface area (Å²) >= 11 is 1.45. The zero-order valence-corrected chi connectivity index (χ0v) is 13.9. The first-order chi connectivity index (χ1) is 9.91. The number of aromatic nitrogens is 4. The number of carbonyl (C=O) groups is 1. The molecule has 7 heteroatoms. The molecule has 0 unspecified atom stereocenters. The molecule has 0 fully saturated rings. The van der Waals surface area contributed by atoms with Crippen LogP contribution < -0.4 is 0 Å². The molecule has 6 nitrogen and oxygen atoms in total. The van der Waals surface area contributed by atoms with Gasteiger partial charge in [0.25, 0.3) is 0 Å². The molecule has 2 rings (SSSR count). The van der Waals surface area contributed by atoms with Crippen LogP contribution in [-0.2, 0) is 11.8 Å². The van der Waals surface area contributed by atoms with Crippen molar-refractivity contribution >= 4 is 17.7 Å². The van der Waals surface area contributed by atoms with Crippen molar-refractivity contribution in [1.82, 2.24) is 24.6 Å². The lowest BCUT2D eigenvalue weighted by atomic mass is 10.1. The van der Waals surface area contributed by atoms with Gasteiger partial charge in [0.2, 0.25) is 5.91 Å². The molecule has 1 N–H and O–H groups in total. The molecule has 0 spiro atoms. The summed E-state index contributed by atoms with van der Waals surface area (Å²) in [5.74, 6) is 0.456. The van der Waals surface area contributed by atoms with E-state index in [9.17, 15) is 4.79 Å². The average Bonchev–Trinajstić information content (AvgIpc) is 3.00. The number of rotatable bonds is 5. The Kier molecular flexibility index (Phi) is 4.72. The molecule has 0 bridgehead atoms. The fraction of sp³-hybridized carbons (Fsp3) is 0.500. The van der Waals surface area contributed by atoms with E-state index >= 15 is 0 Å². The Hall–Kier alpha value is -1.76. The quantitative estimate of drug-likeness (QED) is 0.859. The predicted molar refractivity (Wildman–Crippen MR) is 83.2 cm³/mol. The van der Waals surface area contributed by atoms with Crippen molar-refractivity contribution in [2.45, 2.75) is 32.0 Å². The molecule has 2 aromatic heterocycles. The number of hydrogen-bond donors (Lipinski definition) is 1. The number of thioether (sulfide) groups is 1. The molecule has 1 atom stereocenters. The van der Waals surface area contributed by atoms with Crippen molar-refractivity contribution in [3.05, 3.63) is 29.3 Å². The van der Waals surface area contributed by atoms with E-state index < -0.39 is 0 Å². The molecular formula is C14H21N5OS. The van der Waals surface area contributed by atoms with E-state index in [1.54, 1.807) is 11.1 Å². The van der Waals surface area contributed by atoms with Crippen LogP contribution in [-0.4, -0.2) is 43.4 Å². The van der Waals surface area contributed by atoms with E-state index in [1.807, 2.05) is 45.6 Å². The molecule has 0 aliphatic heterocycles. The van der Waals surface area contributed by atoms with E-state index in [1.165, 1.54) is 11.8 Å². The molecule has 114 valence electrons. The number of nitrogens with one attached hydrogen (secondary N) is 1. The number of aromatic amines is 1. The van der Waals surface area contributed by atoms with Gasteiger partial charge in [-0.25, -0.2) is 4.98 Å². The van der Waals surface area contributed by atoms with Gasteiger partial charge in [-0.15, -0.1) is 0 Å². The smallest absolute Gasteiger partial charge is 0.233 e. The summed E-state index contributed by atoms with van der Waals surface area (Å²) in [4.78, 5) is 18.3. The number of H-pyrrole nitrogens is 1. The lowest BCUT2D eigenvalue weighted by Crippen LogP contribution is -2.31. The Labute approximate surface area is 128 Å². The van der Waals surface area contributed by atoms with Crippen LogP contribution in [0.1, 0.15) is 29.9 Å². The highest BCUT2D eigenvalue weighted by Gasteiger charge is 2.22. The molecule has 2 aromatic rings. The van der Waals surface area contributed by atoms with Gasteiger partial charge in [-0.05, 0) is 20.8 Å². The van der Waals surface area contributed by atoms with Crippen LogP contribution in [0.25, 0.3) is 0 Å². The fourth-order valence-corrected chi connectivity index (χ4v) is 3.16. The minimum absolute atomic E-state index is 0.00165.